The summed E-state index contributed by atoms with van der Waals surface area (Å²) in [4.78, 5) is 21.6. The van der Waals surface area contributed by atoms with E-state index in [1.807, 2.05) is 19.1 Å². The number of aliphatic hydroxyl groups is 1. The minimum Gasteiger partial charge on any atom is -0.396 e. The van der Waals surface area contributed by atoms with Gasteiger partial charge in [0, 0.05) is 6.61 Å². The summed E-state index contributed by atoms with van der Waals surface area (Å²) < 4.78 is 8.88. The Bertz CT molecular complexity index is 130. The van der Waals surface area contributed by atoms with Crippen LogP contribution in [-0.2, 0) is 4.57 Å². The fraction of sp³-hybridized carbons (Fsp3) is 0.600. The third-order valence-electron chi connectivity index (χ3n) is 0.531. The van der Waals surface area contributed by atoms with E-state index in [9.17, 15) is 0 Å². The first-order valence-corrected chi connectivity index (χ1v) is 4.48. The van der Waals surface area contributed by atoms with Gasteiger partial charge in [-0.25, -0.2) is 4.57 Å². The van der Waals surface area contributed by atoms with E-state index in [0.29, 0.717) is 0 Å². The molecule has 0 aromatic heterocycles. The maximum atomic E-state index is 8.88. The van der Waals surface area contributed by atoms with Gasteiger partial charge in [-0.2, -0.15) is 0 Å². The van der Waals surface area contributed by atoms with Crippen molar-refractivity contribution >= 4 is 7.82 Å². The molecule has 0 amide bonds. The molecule has 0 aromatic carbocycles. The quantitative estimate of drug-likeness (QED) is 0.358. The van der Waals surface area contributed by atoms with E-state index in [1.54, 1.807) is 0 Å². The van der Waals surface area contributed by atoms with Crippen molar-refractivity contribution in [1.82, 2.24) is 0 Å². The van der Waals surface area contributed by atoms with E-state index in [4.69, 9.17) is 24.4 Å². The van der Waals surface area contributed by atoms with Gasteiger partial charge >= 0.3 is 7.82 Å². The van der Waals surface area contributed by atoms with Gasteiger partial charge in [-0.3, -0.25) is 0 Å². The molecule has 0 aliphatic rings. The summed E-state index contributed by atoms with van der Waals surface area (Å²) in [5, 5.41) is 8.15. The van der Waals surface area contributed by atoms with Crippen LogP contribution in [0.25, 0.3) is 0 Å². The zero-order chi connectivity index (χ0) is 9.33. The van der Waals surface area contributed by atoms with E-state index in [1.165, 1.54) is 0 Å². The summed E-state index contributed by atoms with van der Waals surface area (Å²) in [6.07, 6.45) is 4.65. The Kier molecular flexibility index (Phi) is 9.64. The maximum absolute atomic E-state index is 8.88. The molecule has 0 aliphatic carbocycles. The van der Waals surface area contributed by atoms with Gasteiger partial charge in [-0.1, -0.05) is 12.2 Å². The van der Waals surface area contributed by atoms with Crippen LogP contribution < -0.4 is 0 Å². The van der Waals surface area contributed by atoms with Crippen LogP contribution in [0.5, 0.6) is 0 Å². The molecule has 0 bridgehead atoms. The highest BCUT2D eigenvalue weighted by molar-refractivity contribution is 7.45. The number of hydrogen-bond donors (Lipinski definition) is 4. The Morgan fingerprint density at radius 1 is 1.36 bits per heavy atom. The van der Waals surface area contributed by atoms with Crippen LogP contribution in [0.4, 0.5) is 0 Å². The molecule has 0 saturated heterocycles. The SMILES string of the molecule is CC=CCCO.O=P(O)(O)O. The van der Waals surface area contributed by atoms with Crippen molar-refractivity contribution < 1.29 is 24.4 Å². The van der Waals surface area contributed by atoms with E-state index < -0.39 is 7.82 Å². The predicted molar refractivity (Wildman–Crippen MR) is 40.8 cm³/mol. The smallest absolute Gasteiger partial charge is 0.396 e. The van der Waals surface area contributed by atoms with E-state index in [2.05, 4.69) is 0 Å². The average molecular weight is 184 g/mol. The molecule has 0 atom stereocenters. The molecule has 4 N–H and O–H groups in total. The fourth-order valence-corrected chi connectivity index (χ4v) is 0.241. The molecular formula is C5H13O5P. The van der Waals surface area contributed by atoms with Gasteiger partial charge in [0.25, 0.3) is 0 Å². The Morgan fingerprint density at radius 2 is 1.73 bits per heavy atom. The molecule has 0 aliphatic heterocycles. The third kappa shape index (κ3) is 75.8. The molecule has 68 valence electrons. The lowest BCUT2D eigenvalue weighted by Crippen LogP contribution is -1.73. The molecule has 0 fully saturated rings. The van der Waals surface area contributed by atoms with Crippen LogP contribution in [0.3, 0.4) is 0 Å². The lowest BCUT2D eigenvalue weighted by molar-refractivity contribution is 0.275. The van der Waals surface area contributed by atoms with Crippen LogP contribution in [0, 0.1) is 0 Å². The second-order valence-corrected chi connectivity index (χ2v) is 2.62. The molecule has 0 heterocycles. The van der Waals surface area contributed by atoms with Crippen LogP contribution in [0.2, 0.25) is 0 Å². The molecule has 0 saturated carbocycles. The Hall–Kier alpha value is -0.190. The summed E-state index contributed by atoms with van der Waals surface area (Å²) in [7, 11) is -4.64. The first-order valence-electron chi connectivity index (χ1n) is 2.92. The fourth-order valence-electron chi connectivity index (χ4n) is 0.241. The van der Waals surface area contributed by atoms with Crippen molar-refractivity contribution in [3.05, 3.63) is 12.2 Å². The Morgan fingerprint density at radius 3 is 1.82 bits per heavy atom. The number of allylic oxidation sites excluding steroid dienone is 1. The average Bonchev–Trinajstić information content (AvgIpc) is 1.79. The van der Waals surface area contributed by atoms with Gasteiger partial charge < -0.3 is 19.8 Å². The van der Waals surface area contributed by atoms with Crippen molar-refractivity contribution in [3.8, 4) is 0 Å². The van der Waals surface area contributed by atoms with Crippen molar-refractivity contribution in [2.75, 3.05) is 6.61 Å². The number of aliphatic hydroxyl groups excluding tert-OH is 1. The number of rotatable bonds is 2. The molecule has 11 heavy (non-hydrogen) atoms. The van der Waals surface area contributed by atoms with Gasteiger partial charge in [0.2, 0.25) is 0 Å². The lowest BCUT2D eigenvalue weighted by Gasteiger charge is -1.82. The van der Waals surface area contributed by atoms with Gasteiger partial charge in [0.1, 0.15) is 0 Å². The molecule has 0 unspecified atom stereocenters. The summed E-state index contributed by atoms with van der Waals surface area (Å²) in [6, 6.07) is 0. The Balaban J connectivity index is 0. The van der Waals surface area contributed by atoms with Crippen LogP contribution in [0.1, 0.15) is 13.3 Å². The van der Waals surface area contributed by atoms with Crippen LogP contribution in [-0.4, -0.2) is 26.4 Å². The highest BCUT2D eigenvalue weighted by atomic mass is 31.2. The van der Waals surface area contributed by atoms with Crippen molar-refractivity contribution in [2.45, 2.75) is 13.3 Å². The Labute approximate surface area is 65.2 Å². The largest absolute Gasteiger partial charge is 0.466 e. The van der Waals surface area contributed by atoms with Crippen LogP contribution in [0.15, 0.2) is 12.2 Å². The van der Waals surface area contributed by atoms with Crippen molar-refractivity contribution in [3.63, 3.8) is 0 Å². The molecule has 6 heteroatoms. The zero-order valence-corrected chi connectivity index (χ0v) is 7.11. The third-order valence-corrected chi connectivity index (χ3v) is 0.531. The molecular weight excluding hydrogens is 171 g/mol. The maximum Gasteiger partial charge on any atom is 0.466 e. The topological polar surface area (TPSA) is 98.0 Å². The van der Waals surface area contributed by atoms with Crippen molar-refractivity contribution in [1.29, 1.82) is 0 Å². The monoisotopic (exact) mass is 184 g/mol. The van der Waals surface area contributed by atoms with Crippen molar-refractivity contribution in [2.24, 2.45) is 0 Å². The van der Waals surface area contributed by atoms with E-state index in [-0.39, 0.29) is 6.61 Å². The lowest BCUT2D eigenvalue weighted by atomic mass is 10.4. The number of hydrogen-bond acceptors (Lipinski definition) is 2. The second-order valence-electron chi connectivity index (χ2n) is 1.59. The van der Waals surface area contributed by atoms with Gasteiger partial charge in [-0.05, 0) is 13.3 Å². The minimum atomic E-state index is -4.64. The first kappa shape index (κ1) is 13.4. The molecule has 0 rings (SSSR count). The normalized spacial score (nSPS) is 11.0. The van der Waals surface area contributed by atoms with Gasteiger partial charge in [-0.15, -0.1) is 0 Å². The second kappa shape index (κ2) is 7.91. The summed E-state index contributed by atoms with van der Waals surface area (Å²) >= 11 is 0. The molecule has 0 spiro atoms. The number of phosphoric acid groups is 1. The molecule has 0 aromatic rings. The predicted octanol–water partition coefficient (Wildman–Crippen LogP) is 0.0163. The summed E-state index contributed by atoms with van der Waals surface area (Å²) in [5.41, 5.74) is 0. The molecule has 5 nitrogen and oxygen atoms in total. The minimum absolute atomic E-state index is 0.268. The van der Waals surface area contributed by atoms with E-state index >= 15 is 0 Å². The highest BCUT2D eigenvalue weighted by Crippen LogP contribution is 2.25. The summed E-state index contributed by atoms with van der Waals surface area (Å²) in [6.45, 7) is 2.21. The molecule has 0 radical (unpaired) electrons. The standard InChI is InChI=1S/C5H10O.H3O4P/c1-2-3-4-5-6;1-5(2,3)4/h2-3,6H,4-5H2,1H3;(H3,1,2,3,4). The first-order chi connectivity index (χ1) is 4.91. The highest BCUT2D eigenvalue weighted by Gasteiger charge is 2.00. The van der Waals surface area contributed by atoms with E-state index in [0.717, 1.165) is 6.42 Å². The summed E-state index contributed by atoms with van der Waals surface area (Å²) in [5.74, 6) is 0. The van der Waals surface area contributed by atoms with Crippen LogP contribution >= 0.6 is 7.82 Å². The van der Waals surface area contributed by atoms with Gasteiger partial charge in [0.05, 0.1) is 0 Å². The van der Waals surface area contributed by atoms with Gasteiger partial charge in [0.15, 0.2) is 0 Å². The zero-order valence-electron chi connectivity index (χ0n) is 6.21.